The van der Waals surface area contributed by atoms with Crippen molar-refractivity contribution in [2.24, 2.45) is 0 Å². The first kappa shape index (κ1) is 13.7. The molecule has 1 aliphatic rings. The molecule has 6 heteroatoms. The van der Waals surface area contributed by atoms with E-state index in [0.717, 1.165) is 24.8 Å². The number of hydrogen-bond acceptors (Lipinski definition) is 4. The van der Waals surface area contributed by atoms with Crippen molar-refractivity contribution < 1.29 is 4.79 Å². The van der Waals surface area contributed by atoms with E-state index in [2.05, 4.69) is 26.7 Å². The van der Waals surface area contributed by atoms with Crippen LogP contribution in [-0.2, 0) is 12.8 Å². The number of nitrogens with one attached hydrogen (secondary N) is 1. The van der Waals surface area contributed by atoms with E-state index in [9.17, 15) is 4.79 Å². The molecule has 0 fully saturated rings. The van der Waals surface area contributed by atoms with Crippen LogP contribution in [0.3, 0.4) is 0 Å². The number of H-pyrrole nitrogens is 1. The maximum absolute atomic E-state index is 12.7. The van der Waals surface area contributed by atoms with Crippen LogP contribution < -0.4 is 0 Å². The summed E-state index contributed by atoms with van der Waals surface area (Å²) < 4.78 is 0. The zero-order valence-electron chi connectivity index (χ0n) is 12.3. The number of aromatic nitrogens is 4. The zero-order chi connectivity index (χ0) is 14.8. The predicted molar refractivity (Wildman–Crippen MR) is 78.0 cm³/mol. The van der Waals surface area contributed by atoms with Gasteiger partial charge in [0.1, 0.15) is 0 Å². The first-order valence-corrected chi connectivity index (χ1v) is 7.26. The molecule has 21 heavy (non-hydrogen) atoms. The number of carbonyl (C=O) groups is 1. The van der Waals surface area contributed by atoms with E-state index in [1.54, 1.807) is 4.90 Å². The van der Waals surface area contributed by atoms with Crippen molar-refractivity contribution >= 4 is 5.91 Å². The van der Waals surface area contributed by atoms with Crippen LogP contribution >= 0.6 is 0 Å². The van der Waals surface area contributed by atoms with Crippen LogP contribution in [0.25, 0.3) is 0 Å². The smallest absolute Gasteiger partial charge is 0.253 e. The Morgan fingerprint density at radius 1 is 1.43 bits per heavy atom. The molecular formula is C15H19N5O. The molecule has 0 saturated carbocycles. The Balaban J connectivity index is 1.75. The van der Waals surface area contributed by atoms with Crippen LogP contribution in [0.15, 0.2) is 18.2 Å². The Bertz CT molecular complexity index is 638. The average molecular weight is 285 g/mol. The number of hydrogen-bond donors (Lipinski definition) is 1. The fourth-order valence-corrected chi connectivity index (χ4v) is 2.98. The van der Waals surface area contributed by atoms with E-state index in [1.165, 1.54) is 11.1 Å². The highest BCUT2D eigenvalue weighted by Crippen LogP contribution is 2.26. The molecule has 110 valence electrons. The second-order valence-electron chi connectivity index (χ2n) is 5.65. The van der Waals surface area contributed by atoms with E-state index in [-0.39, 0.29) is 11.8 Å². The first-order valence-electron chi connectivity index (χ1n) is 7.26. The highest BCUT2D eigenvalue weighted by atomic mass is 16.2. The van der Waals surface area contributed by atoms with Gasteiger partial charge in [-0.3, -0.25) is 4.79 Å². The predicted octanol–water partition coefficient (Wildman–Crippen LogP) is 1.56. The van der Waals surface area contributed by atoms with Gasteiger partial charge < -0.3 is 4.90 Å². The standard InChI is InChI=1S/C15H19N5O/c1-10(14-16-18-19-17-14)9-20(2)15(21)13-8-4-6-11-5-3-7-12(11)13/h4,6,8,10H,3,5,7,9H2,1-2H3,(H,16,17,18,19)/t10-/m0/s1. The largest absolute Gasteiger partial charge is 0.341 e. The topological polar surface area (TPSA) is 74.8 Å². The third kappa shape index (κ3) is 2.66. The summed E-state index contributed by atoms with van der Waals surface area (Å²) in [5.74, 6) is 0.756. The number of likely N-dealkylation sites (N-methyl/N-ethyl adjacent to an activating group) is 1. The molecule has 0 spiro atoms. The van der Waals surface area contributed by atoms with Crippen molar-refractivity contribution in [3.63, 3.8) is 0 Å². The Morgan fingerprint density at radius 2 is 2.29 bits per heavy atom. The average Bonchev–Trinajstić information content (AvgIpc) is 3.16. The van der Waals surface area contributed by atoms with Crippen molar-refractivity contribution in [1.29, 1.82) is 0 Å². The summed E-state index contributed by atoms with van der Waals surface area (Å²) in [6.45, 7) is 2.56. The third-order valence-corrected chi connectivity index (χ3v) is 4.07. The van der Waals surface area contributed by atoms with Crippen molar-refractivity contribution in [2.75, 3.05) is 13.6 Å². The SMILES string of the molecule is C[C@@H](CN(C)C(=O)c1cccc2c1CCC2)c1nn[nH]n1. The van der Waals surface area contributed by atoms with Gasteiger partial charge in [0.05, 0.1) is 0 Å². The Kier molecular flexibility index (Phi) is 3.68. The maximum atomic E-state index is 12.7. The lowest BCUT2D eigenvalue weighted by atomic mass is 10.0. The molecule has 3 rings (SSSR count). The minimum absolute atomic E-state index is 0.0504. The number of rotatable bonds is 4. The summed E-state index contributed by atoms with van der Waals surface area (Å²) >= 11 is 0. The van der Waals surface area contributed by atoms with Crippen LogP contribution in [0.2, 0.25) is 0 Å². The first-order chi connectivity index (χ1) is 10.2. The molecule has 1 atom stereocenters. The lowest BCUT2D eigenvalue weighted by molar-refractivity contribution is 0.0786. The quantitative estimate of drug-likeness (QED) is 0.925. The maximum Gasteiger partial charge on any atom is 0.253 e. The normalized spacial score (nSPS) is 14.8. The minimum Gasteiger partial charge on any atom is -0.341 e. The van der Waals surface area contributed by atoms with Crippen LogP contribution in [-0.4, -0.2) is 45.0 Å². The Hall–Kier alpha value is -2.24. The molecule has 1 aromatic heterocycles. The number of carbonyl (C=O) groups excluding carboxylic acids is 1. The minimum atomic E-state index is 0.0504. The summed E-state index contributed by atoms with van der Waals surface area (Å²) in [5.41, 5.74) is 3.38. The Morgan fingerprint density at radius 3 is 3.05 bits per heavy atom. The molecular weight excluding hydrogens is 266 g/mol. The second-order valence-corrected chi connectivity index (χ2v) is 5.65. The highest BCUT2D eigenvalue weighted by molar-refractivity contribution is 5.96. The number of nitrogens with zero attached hydrogens (tertiary/aromatic N) is 4. The van der Waals surface area contributed by atoms with E-state index in [0.29, 0.717) is 12.4 Å². The second kappa shape index (κ2) is 5.63. The number of fused-ring (bicyclic) bond motifs is 1. The number of tetrazole rings is 1. The summed E-state index contributed by atoms with van der Waals surface area (Å²) in [7, 11) is 1.83. The van der Waals surface area contributed by atoms with Gasteiger partial charge in [0.2, 0.25) is 0 Å². The molecule has 1 aliphatic carbocycles. The van der Waals surface area contributed by atoms with Crippen LogP contribution in [0.4, 0.5) is 0 Å². The van der Waals surface area contributed by atoms with Gasteiger partial charge in [-0.15, -0.1) is 10.2 Å². The van der Waals surface area contributed by atoms with Crippen molar-refractivity contribution in [2.45, 2.75) is 32.1 Å². The van der Waals surface area contributed by atoms with Gasteiger partial charge in [0.15, 0.2) is 5.82 Å². The monoisotopic (exact) mass is 285 g/mol. The van der Waals surface area contributed by atoms with E-state index in [4.69, 9.17) is 0 Å². The van der Waals surface area contributed by atoms with Crippen LogP contribution in [0, 0.1) is 0 Å². The van der Waals surface area contributed by atoms with Crippen LogP contribution in [0.1, 0.15) is 46.6 Å². The number of amides is 1. The molecule has 0 saturated heterocycles. The molecule has 2 aromatic rings. The zero-order valence-corrected chi connectivity index (χ0v) is 12.3. The summed E-state index contributed by atoms with van der Waals surface area (Å²) in [6, 6.07) is 6.04. The fraction of sp³-hybridized carbons (Fsp3) is 0.467. The molecule has 1 amide bonds. The van der Waals surface area contributed by atoms with Gasteiger partial charge in [-0.1, -0.05) is 24.3 Å². The number of aromatic amines is 1. The third-order valence-electron chi connectivity index (χ3n) is 4.07. The van der Waals surface area contributed by atoms with Gasteiger partial charge in [-0.05, 0) is 36.5 Å². The van der Waals surface area contributed by atoms with Gasteiger partial charge in [0, 0.05) is 25.1 Å². The highest BCUT2D eigenvalue weighted by Gasteiger charge is 2.23. The van der Waals surface area contributed by atoms with Crippen molar-refractivity contribution in [1.82, 2.24) is 25.5 Å². The van der Waals surface area contributed by atoms with Gasteiger partial charge in [-0.2, -0.15) is 5.21 Å². The Labute approximate surface area is 123 Å². The molecule has 6 nitrogen and oxygen atoms in total. The molecule has 1 heterocycles. The van der Waals surface area contributed by atoms with E-state index >= 15 is 0 Å². The number of aryl methyl sites for hydroxylation is 1. The molecule has 1 aromatic carbocycles. The lowest BCUT2D eigenvalue weighted by Gasteiger charge is -2.21. The molecule has 0 radical (unpaired) electrons. The molecule has 0 bridgehead atoms. The summed E-state index contributed by atoms with van der Waals surface area (Å²) in [4.78, 5) is 14.4. The fourth-order valence-electron chi connectivity index (χ4n) is 2.98. The molecule has 0 aliphatic heterocycles. The summed E-state index contributed by atoms with van der Waals surface area (Å²) in [6.07, 6.45) is 3.23. The molecule has 1 N–H and O–H groups in total. The van der Waals surface area contributed by atoms with Gasteiger partial charge in [-0.25, -0.2) is 0 Å². The summed E-state index contributed by atoms with van der Waals surface area (Å²) in [5, 5.41) is 14.0. The number of benzene rings is 1. The molecule has 0 unspecified atom stereocenters. The van der Waals surface area contributed by atoms with Gasteiger partial charge in [0.25, 0.3) is 5.91 Å². The van der Waals surface area contributed by atoms with E-state index in [1.807, 2.05) is 26.1 Å². The van der Waals surface area contributed by atoms with E-state index < -0.39 is 0 Å². The van der Waals surface area contributed by atoms with Crippen molar-refractivity contribution in [3.8, 4) is 0 Å². The lowest BCUT2D eigenvalue weighted by Crippen LogP contribution is -2.31. The van der Waals surface area contributed by atoms with Crippen LogP contribution in [0.5, 0.6) is 0 Å². The van der Waals surface area contributed by atoms with Crippen molar-refractivity contribution in [3.05, 3.63) is 40.7 Å². The van der Waals surface area contributed by atoms with Gasteiger partial charge >= 0.3 is 0 Å².